The van der Waals surface area contributed by atoms with Crippen molar-refractivity contribution in [1.82, 2.24) is 14.3 Å². The van der Waals surface area contributed by atoms with Crippen molar-refractivity contribution in [2.45, 2.75) is 44.7 Å². The molecule has 1 fully saturated rings. The van der Waals surface area contributed by atoms with Gasteiger partial charge in [-0.05, 0) is 12.8 Å². The Labute approximate surface area is 117 Å². The number of aromatic nitrogens is 2. The smallest absolute Gasteiger partial charge is 0.193 e. The number of aliphatic hydroxyl groups is 1. The molecular weight excluding hydrogens is 258 g/mol. The van der Waals surface area contributed by atoms with E-state index in [1.807, 2.05) is 6.20 Å². The second-order valence-electron chi connectivity index (χ2n) is 5.31. The lowest BCUT2D eigenvalue weighted by atomic mass is 9.94. The van der Waals surface area contributed by atoms with Crippen LogP contribution in [0.3, 0.4) is 0 Å². The third-order valence-electron chi connectivity index (χ3n) is 3.99. The molecule has 2 aromatic rings. The van der Waals surface area contributed by atoms with Gasteiger partial charge >= 0.3 is 0 Å². The first-order valence-corrected chi connectivity index (χ1v) is 8.01. The number of thiazole rings is 1. The molecular formula is C14H21N3OS. The van der Waals surface area contributed by atoms with Gasteiger partial charge in [0.05, 0.1) is 12.3 Å². The molecule has 0 spiro atoms. The molecule has 1 aliphatic rings. The van der Waals surface area contributed by atoms with E-state index in [2.05, 4.69) is 25.9 Å². The molecule has 0 radical (unpaired) electrons. The molecule has 0 aromatic carbocycles. The first-order chi connectivity index (χ1) is 9.36. The Morgan fingerprint density at radius 1 is 1.37 bits per heavy atom. The lowest BCUT2D eigenvalue weighted by Crippen LogP contribution is -2.38. The molecule has 2 heterocycles. The maximum Gasteiger partial charge on any atom is 0.193 e. The minimum atomic E-state index is 0.235. The Balaban J connectivity index is 1.70. The van der Waals surface area contributed by atoms with Crippen LogP contribution in [0.5, 0.6) is 0 Å². The van der Waals surface area contributed by atoms with Gasteiger partial charge in [-0.1, -0.05) is 19.3 Å². The summed E-state index contributed by atoms with van der Waals surface area (Å²) >= 11 is 1.67. The van der Waals surface area contributed by atoms with Crippen molar-refractivity contribution in [1.29, 1.82) is 0 Å². The van der Waals surface area contributed by atoms with Gasteiger partial charge in [0.1, 0.15) is 0 Å². The zero-order valence-corrected chi connectivity index (χ0v) is 12.0. The van der Waals surface area contributed by atoms with Crippen molar-refractivity contribution < 1.29 is 5.11 Å². The van der Waals surface area contributed by atoms with Crippen LogP contribution in [0.2, 0.25) is 0 Å². The Morgan fingerprint density at radius 2 is 2.21 bits per heavy atom. The number of hydrogen-bond donors (Lipinski definition) is 1. The van der Waals surface area contributed by atoms with E-state index in [-0.39, 0.29) is 6.61 Å². The highest BCUT2D eigenvalue weighted by atomic mass is 32.1. The molecule has 1 saturated carbocycles. The summed E-state index contributed by atoms with van der Waals surface area (Å²) in [6, 6.07) is 0.626. The molecule has 1 aliphatic carbocycles. The lowest BCUT2D eigenvalue weighted by molar-refractivity contribution is 0.116. The SMILES string of the molecule is OCCN(Cc1cn2ccsc2n1)C1CCCCC1. The van der Waals surface area contributed by atoms with Gasteiger partial charge in [-0.15, -0.1) is 11.3 Å². The number of fused-ring (bicyclic) bond motifs is 1. The summed E-state index contributed by atoms with van der Waals surface area (Å²) in [5.74, 6) is 0. The number of aliphatic hydroxyl groups excluding tert-OH is 1. The van der Waals surface area contributed by atoms with Crippen molar-refractivity contribution in [3.8, 4) is 0 Å². The molecule has 0 atom stereocenters. The molecule has 5 heteroatoms. The van der Waals surface area contributed by atoms with Crippen molar-refractivity contribution in [3.05, 3.63) is 23.5 Å². The van der Waals surface area contributed by atoms with Gasteiger partial charge in [-0.2, -0.15) is 0 Å². The second-order valence-corrected chi connectivity index (χ2v) is 6.18. The standard InChI is InChI=1S/C14H21N3OS/c18-8-6-16(13-4-2-1-3-5-13)10-12-11-17-7-9-19-14(17)15-12/h7,9,11,13,18H,1-6,8,10H2. The molecule has 0 aliphatic heterocycles. The van der Waals surface area contributed by atoms with Gasteiger partial charge in [-0.25, -0.2) is 4.98 Å². The van der Waals surface area contributed by atoms with Gasteiger partial charge in [0, 0.05) is 36.9 Å². The van der Waals surface area contributed by atoms with Crippen molar-refractivity contribution in [3.63, 3.8) is 0 Å². The molecule has 0 unspecified atom stereocenters. The van der Waals surface area contributed by atoms with Crippen LogP contribution >= 0.6 is 11.3 Å². The summed E-state index contributed by atoms with van der Waals surface area (Å²) in [5.41, 5.74) is 1.12. The minimum absolute atomic E-state index is 0.235. The number of rotatable bonds is 5. The summed E-state index contributed by atoms with van der Waals surface area (Å²) in [6.45, 7) is 1.86. The Morgan fingerprint density at radius 3 is 2.95 bits per heavy atom. The fraction of sp³-hybridized carbons (Fsp3) is 0.643. The molecule has 104 valence electrons. The average molecular weight is 279 g/mol. The van der Waals surface area contributed by atoms with E-state index in [9.17, 15) is 5.11 Å². The minimum Gasteiger partial charge on any atom is -0.395 e. The molecule has 0 bridgehead atoms. The second kappa shape index (κ2) is 6.03. The van der Waals surface area contributed by atoms with Crippen LogP contribution in [0.4, 0.5) is 0 Å². The molecule has 4 nitrogen and oxygen atoms in total. The molecule has 1 N–H and O–H groups in total. The monoisotopic (exact) mass is 279 g/mol. The topological polar surface area (TPSA) is 40.8 Å². The number of imidazole rings is 1. The Kier molecular flexibility index (Phi) is 4.15. The first kappa shape index (κ1) is 13.1. The van der Waals surface area contributed by atoms with Crippen LogP contribution in [0, 0.1) is 0 Å². The van der Waals surface area contributed by atoms with Crippen molar-refractivity contribution in [2.24, 2.45) is 0 Å². The normalized spacial score (nSPS) is 17.6. The molecule has 0 saturated heterocycles. The average Bonchev–Trinajstić information content (AvgIpc) is 3.00. The maximum absolute atomic E-state index is 9.28. The third-order valence-corrected chi connectivity index (χ3v) is 4.76. The van der Waals surface area contributed by atoms with Gasteiger partial charge in [0.25, 0.3) is 0 Å². The molecule has 19 heavy (non-hydrogen) atoms. The fourth-order valence-electron chi connectivity index (χ4n) is 3.03. The van der Waals surface area contributed by atoms with Crippen LogP contribution in [-0.4, -0.2) is 38.6 Å². The first-order valence-electron chi connectivity index (χ1n) is 7.13. The maximum atomic E-state index is 9.28. The summed E-state index contributed by atoms with van der Waals surface area (Å²) < 4.78 is 2.08. The number of hydrogen-bond acceptors (Lipinski definition) is 4. The van der Waals surface area contributed by atoms with Crippen molar-refractivity contribution >= 4 is 16.3 Å². The molecule has 3 rings (SSSR count). The highest BCUT2D eigenvalue weighted by Crippen LogP contribution is 2.24. The lowest BCUT2D eigenvalue weighted by Gasteiger charge is -2.33. The predicted octanol–water partition coefficient (Wildman–Crippen LogP) is 2.52. The highest BCUT2D eigenvalue weighted by Gasteiger charge is 2.21. The zero-order valence-electron chi connectivity index (χ0n) is 11.2. The van der Waals surface area contributed by atoms with Gasteiger partial charge in [-0.3, -0.25) is 9.30 Å². The highest BCUT2D eigenvalue weighted by molar-refractivity contribution is 7.15. The van der Waals surface area contributed by atoms with E-state index >= 15 is 0 Å². The zero-order chi connectivity index (χ0) is 13.1. The van der Waals surface area contributed by atoms with Crippen LogP contribution in [-0.2, 0) is 6.54 Å². The van der Waals surface area contributed by atoms with E-state index in [1.54, 1.807) is 11.3 Å². The van der Waals surface area contributed by atoms with E-state index < -0.39 is 0 Å². The van der Waals surface area contributed by atoms with Gasteiger partial charge in [0.15, 0.2) is 4.96 Å². The molecule has 2 aromatic heterocycles. The van der Waals surface area contributed by atoms with E-state index in [0.29, 0.717) is 6.04 Å². The Bertz CT molecular complexity index is 487. The summed E-state index contributed by atoms with van der Waals surface area (Å²) in [7, 11) is 0. The largest absolute Gasteiger partial charge is 0.395 e. The van der Waals surface area contributed by atoms with E-state index in [0.717, 1.165) is 23.7 Å². The summed E-state index contributed by atoms with van der Waals surface area (Å²) in [4.78, 5) is 8.11. The molecule has 0 amide bonds. The van der Waals surface area contributed by atoms with Crippen LogP contribution < -0.4 is 0 Å². The van der Waals surface area contributed by atoms with Crippen LogP contribution in [0.25, 0.3) is 4.96 Å². The Hall–Kier alpha value is -0.910. The van der Waals surface area contributed by atoms with Crippen molar-refractivity contribution in [2.75, 3.05) is 13.2 Å². The quantitative estimate of drug-likeness (QED) is 0.914. The summed E-state index contributed by atoms with van der Waals surface area (Å²) in [6.07, 6.45) is 10.7. The summed E-state index contributed by atoms with van der Waals surface area (Å²) in [5, 5.41) is 11.3. The van der Waals surface area contributed by atoms with Crippen LogP contribution in [0.15, 0.2) is 17.8 Å². The predicted molar refractivity (Wildman–Crippen MR) is 77.4 cm³/mol. The number of nitrogens with zero attached hydrogens (tertiary/aromatic N) is 3. The van der Waals surface area contributed by atoms with Gasteiger partial charge in [0.2, 0.25) is 0 Å². The van der Waals surface area contributed by atoms with E-state index in [4.69, 9.17) is 0 Å². The fourth-order valence-corrected chi connectivity index (χ4v) is 3.74. The third kappa shape index (κ3) is 2.99. The van der Waals surface area contributed by atoms with E-state index in [1.165, 1.54) is 32.1 Å². The van der Waals surface area contributed by atoms with Crippen LogP contribution in [0.1, 0.15) is 37.8 Å². The van der Waals surface area contributed by atoms with Gasteiger partial charge < -0.3 is 5.11 Å².